The zero-order chi connectivity index (χ0) is 31.3. The lowest BCUT2D eigenvalue weighted by Crippen LogP contribution is -2.39. The van der Waals surface area contributed by atoms with Crippen LogP contribution in [0.4, 0.5) is 5.69 Å². The SMILES string of the molecule is CC(=O)OC(C)C(=O)Nc1cccc(C2OC(Cn3cnc4ccccc43)C(c3ccccc3)C(c3ccc(CO)cc3)O2)c1. The average molecular weight is 606 g/mol. The molecule has 0 radical (unpaired) electrons. The second-order valence-corrected chi connectivity index (χ2v) is 11.2. The van der Waals surface area contributed by atoms with Crippen LogP contribution in [-0.2, 0) is 37.0 Å². The molecule has 4 aromatic carbocycles. The van der Waals surface area contributed by atoms with Gasteiger partial charge in [0.2, 0.25) is 0 Å². The highest BCUT2D eigenvalue weighted by Gasteiger charge is 2.42. The minimum absolute atomic E-state index is 0.0510. The molecule has 230 valence electrons. The number of hydrogen-bond donors (Lipinski definition) is 2. The highest BCUT2D eigenvalue weighted by Crippen LogP contribution is 2.47. The van der Waals surface area contributed by atoms with E-state index in [4.69, 9.17) is 14.2 Å². The molecule has 0 saturated carbocycles. The summed E-state index contributed by atoms with van der Waals surface area (Å²) in [7, 11) is 0. The number of para-hydroxylation sites is 2. The van der Waals surface area contributed by atoms with Crippen molar-refractivity contribution in [3.63, 3.8) is 0 Å². The van der Waals surface area contributed by atoms with Gasteiger partial charge in [-0.2, -0.15) is 0 Å². The Morgan fingerprint density at radius 2 is 1.64 bits per heavy atom. The van der Waals surface area contributed by atoms with E-state index in [0.29, 0.717) is 12.2 Å². The number of esters is 1. The summed E-state index contributed by atoms with van der Waals surface area (Å²) < 4.78 is 20.8. The number of amides is 1. The van der Waals surface area contributed by atoms with Crippen molar-refractivity contribution >= 4 is 28.6 Å². The molecule has 0 aliphatic carbocycles. The predicted octanol–water partition coefficient (Wildman–Crippen LogP) is 6.06. The Bertz CT molecular complexity index is 1770. The summed E-state index contributed by atoms with van der Waals surface area (Å²) in [5.41, 5.74) is 5.99. The monoisotopic (exact) mass is 605 g/mol. The van der Waals surface area contributed by atoms with Crippen LogP contribution in [0, 0.1) is 0 Å². The van der Waals surface area contributed by atoms with Crippen LogP contribution in [0.1, 0.15) is 54.4 Å². The lowest BCUT2D eigenvalue weighted by Gasteiger charge is -2.43. The smallest absolute Gasteiger partial charge is 0.303 e. The summed E-state index contributed by atoms with van der Waals surface area (Å²) in [6.07, 6.45) is -0.614. The van der Waals surface area contributed by atoms with E-state index in [1.165, 1.54) is 13.8 Å². The zero-order valence-corrected chi connectivity index (χ0v) is 25.1. The third kappa shape index (κ3) is 6.81. The third-order valence-electron chi connectivity index (χ3n) is 8.01. The van der Waals surface area contributed by atoms with Gasteiger partial charge in [0.15, 0.2) is 12.4 Å². The molecule has 2 heterocycles. The third-order valence-corrected chi connectivity index (χ3v) is 8.01. The molecule has 2 N–H and O–H groups in total. The lowest BCUT2D eigenvalue weighted by atomic mass is 9.83. The van der Waals surface area contributed by atoms with E-state index < -0.39 is 30.4 Å². The molecular weight excluding hydrogens is 570 g/mol. The molecule has 0 bridgehead atoms. The molecule has 6 rings (SSSR count). The Morgan fingerprint density at radius 3 is 2.40 bits per heavy atom. The molecule has 9 nitrogen and oxygen atoms in total. The number of fused-ring (bicyclic) bond motifs is 1. The number of carbonyl (C=O) groups is 2. The molecule has 5 unspecified atom stereocenters. The maximum absolute atomic E-state index is 12.7. The van der Waals surface area contributed by atoms with Crippen LogP contribution in [0.3, 0.4) is 0 Å². The van der Waals surface area contributed by atoms with Crippen LogP contribution in [0.5, 0.6) is 0 Å². The summed E-state index contributed by atoms with van der Waals surface area (Å²) in [6, 6.07) is 33.3. The molecule has 1 aromatic heterocycles. The number of anilines is 1. The van der Waals surface area contributed by atoms with Crippen molar-refractivity contribution < 1.29 is 28.9 Å². The van der Waals surface area contributed by atoms with Crippen LogP contribution >= 0.6 is 0 Å². The van der Waals surface area contributed by atoms with Crippen molar-refractivity contribution in [3.8, 4) is 0 Å². The van der Waals surface area contributed by atoms with Gasteiger partial charge in [0.1, 0.15) is 0 Å². The van der Waals surface area contributed by atoms with Crippen molar-refractivity contribution in [3.05, 3.63) is 132 Å². The Morgan fingerprint density at radius 1 is 0.911 bits per heavy atom. The summed E-state index contributed by atoms with van der Waals surface area (Å²) in [5.74, 6) is -1.15. The standard InChI is InChI=1S/C36H35N3O6/c1-23(43-24(2)41)35(42)38-29-12-8-11-28(19-29)36-44-32(20-39-22-37-30-13-6-7-14-31(30)39)33(26-9-4-3-5-10-26)34(45-36)27-17-15-25(21-40)16-18-27/h3-19,22-23,32-34,36,40H,20-21H2,1-2H3,(H,38,42). The van der Waals surface area contributed by atoms with E-state index in [2.05, 4.69) is 27.0 Å². The summed E-state index contributed by atoms with van der Waals surface area (Å²) >= 11 is 0. The second kappa shape index (κ2) is 13.4. The molecule has 1 fully saturated rings. The topological polar surface area (TPSA) is 112 Å². The first-order valence-corrected chi connectivity index (χ1v) is 14.9. The van der Waals surface area contributed by atoms with Gasteiger partial charge in [-0.3, -0.25) is 9.59 Å². The molecule has 1 aliphatic heterocycles. The fourth-order valence-electron chi connectivity index (χ4n) is 5.82. The molecule has 5 atom stereocenters. The van der Waals surface area contributed by atoms with Gasteiger partial charge in [0.25, 0.3) is 5.91 Å². The highest BCUT2D eigenvalue weighted by molar-refractivity contribution is 5.95. The first-order chi connectivity index (χ1) is 21.9. The Labute approximate surface area is 261 Å². The van der Waals surface area contributed by atoms with Crippen LogP contribution in [0.15, 0.2) is 109 Å². The summed E-state index contributed by atoms with van der Waals surface area (Å²) in [5, 5.41) is 12.5. The summed E-state index contributed by atoms with van der Waals surface area (Å²) in [6.45, 7) is 3.25. The van der Waals surface area contributed by atoms with Crippen LogP contribution in [0.2, 0.25) is 0 Å². The van der Waals surface area contributed by atoms with Gasteiger partial charge in [0.05, 0.1) is 42.7 Å². The number of carbonyl (C=O) groups excluding carboxylic acids is 2. The maximum atomic E-state index is 12.7. The maximum Gasteiger partial charge on any atom is 0.303 e. The van der Waals surface area contributed by atoms with E-state index in [1.807, 2.05) is 91.3 Å². The normalized spacial score (nSPS) is 20.4. The van der Waals surface area contributed by atoms with Gasteiger partial charge in [-0.25, -0.2) is 4.98 Å². The van der Waals surface area contributed by atoms with Gasteiger partial charge in [-0.1, -0.05) is 78.9 Å². The molecule has 1 saturated heterocycles. The van der Waals surface area contributed by atoms with Crippen molar-refractivity contribution in [1.29, 1.82) is 0 Å². The first-order valence-electron chi connectivity index (χ1n) is 14.9. The first kappa shape index (κ1) is 30.2. The number of imidazole rings is 1. The fourth-order valence-corrected chi connectivity index (χ4v) is 5.82. The molecule has 9 heteroatoms. The van der Waals surface area contributed by atoms with E-state index in [1.54, 1.807) is 6.07 Å². The minimum Gasteiger partial charge on any atom is -0.453 e. The number of aliphatic hydroxyl groups excluding tert-OH is 1. The van der Waals surface area contributed by atoms with Crippen molar-refractivity contribution in [2.45, 2.75) is 57.5 Å². The number of benzene rings is 4. The molecule has 5 aromatic rings. The Kier molecular flexibility index (Phi) is 9.02. The molecule has 45 heavy (non-hydrogen) atoms. The van der Waals surface area contributed by atoms with Crippen LogP contribution in [-0.4, -0.2) is 38.7 Å². The molecule has 1 aliphatic rings. The van der Waals surface area contributed by atoms with Crippen molar-refractivity contribution in [2.75, 3.05) is 5.32 Å². The number of nitrogens with zero attached hydrogens (tertiary/aromatic N) is 2. The predicted molar refractivity (Wildman–Crippen MR) is 169 cm³/mol. The van der Waals surface area contributed by atoms with Gasteiger partial charge >= 0.3 is 5.97 Å². The van der Waals surface area contributed by atoms with Gasteiger partial charge in [0, 0.05) is 24.1 Å². The van der Waals surface area contributed by atoms with E-state index in [-0.39, 0.29) is 18.6 Å². The molecule has 1 amide bonds. The van der Waals surface area contributed by atoms with Crippen molar-refractivity contribution in [1.82, 2.24) is 9.55 Å². The van der Waals surface area contributed by atoms with E-state index in [9.17, 15) is 14.7 Å². The number of nitrogens with one attached hydrogen (secondary N) is 1. The Hall–Kier alpha value is -4.83. The average Bonchev–Trinajstić information content (AvgIpc) is 3.47. The lowest BCUT2D eigenvalue weighted by molar-refractivity contribution is -0.263. The molecular formula is C36H35N3O6. The number of aliphatic hydroxyl groups is 1. The van der Waals surface area contributed by atoms with Crippen molar-refractivity contribution in [2.24, 2.45) is 0 Å². The zero-order valence-electron chi connectivity index (χ0n) is 25.1. The number of aromatic nitrogens is 2. The van der Waals surface area contributed by atoms with E-state index in [0.717, 1.165) is 33.3 Å². The number of rotatable bonds is 9. The second-order valence-electron chi connectivity index (χ2n) is 11.2. The van der Waals surface area contributed by atoms with E-state index >= 15 is 0 Å². The Balaban J connectivity index is 1.38. The highest BCUT2D eigenvalue weighted by atomic mass is 16.7. The fraction of sp³-hybridized carbons (Fsp3) is 0.250. The number of ether oxygens (including phenoxy) is 3. The van der Waals surface area contributed by atoms with Crippen LogP contribution < -0.4 is 5.32 Å². The van der Waals surface area contributed by atoms with Gasteiger partial charge in [-0.15, -0.1) is 0 Å². The minimum atomic E-state index is -0.944. The largest absolute Gasteiger partial charge is 0.453 e. The number of hydrogen-bond acceptors (Lipinski definition) is 7. The van der Waals surface area contributed by atoms with Gasteiger partial charge in [-0.05, 0) is 47.9 Å². The van der Waals surface area contributed by atoms with Crippen LogP contribution in [0.25, 0.3) is 11.0 Å². The quantitative estimate of drug-likeness (QED) is 0.197. The summed E-state index contributed by atoms with van der Waals surface area (Å²) in [4.78, 5) is 28.6. The van der Waals surface area contributed by atoms with Gasteiger partial charge < -0.3 is 29.2 Å². The molecule has 0 spiro atoms.